The Bertz CT molecular complexity index is 1030. The van der Waals surface area contributed by atoms with E-state index in [4.69, 9.17) is 0 Å². The fourth-order valence-corrected chi connectivity index (χ4v) is 3.01. The molecule has 1 atom stereocenters. The molecule has 0 saturated carbocycles. The largest absolute Gasteiger partial charge is 0.494 e. The fourth-order valence-electron chi connectivity index (χ4n) is 3.01. The van der Waals surface area contributed by atoms with Gasteiger partial charge < -0.3 is 15.4 Å². The van der Waals surface area contributed by atoms with Crippen LogP contribution in [0.2, 0.25) is 0 Å². The molecule has 3 aromatic heterocycles. The Kier molecular flexibility index (Phi) is 5.45. The monoisotopic (exact) mass is 407 g/mol. The number of hydrogen-bond donors (Lipinski definition) is 3. The summed E-state index contributed by atoms with van der Waals surface area (Å²) in [6, 6.07) is 5.06. The highest BCUT2D eigenvalue weighted by Gasteiger charge is 2.35. The first-order valence-corrected chi connectivity index (χ1v) is 8.96. The number of aromatic hydroxyl groups is 1. The van der Waals surface area contributed by atoms with Crippen LogP contribution in [0.4, 0.5) is 13.2 Å². The number of carbonyl (C=O) groups is 1. The molecule has 0 aliphatic rings. The van der Waals surface area contributed by atoms with Crippen molar-refractivity contribution in [2.45, 2.75) is 32.9 Å². The summed E-state index contributed by atoms with van der Waals surface area (Å²) < 4.78 is 37.3. The number of pyridine rings is 1. The van der Waals surface area contributed by atoms with E-state index >= 15 is 0 Å². The van der Waals surface area contributed by atoms with Gasteiger partial charge in [-0.05, 0) is 24.6 Å². The van der Waals surface area contributed by atoms with Crippen molar-refractivity contribution in [1.29, 1.82) is 0 Å². The predicted molar refractivity (Wildman–Crippen MR) is 100.0 cm³/mol. The highest BCUT2D eigenvalue weighted by molar-refractivity contribution is 5.95. The van der Waals surface area contributed by atoms with Crippen LogP contribution in [0.15, 0.2) is 30.6 Å². The van der Waals surface area contributed by atoms with Crippen molar-refractivity contribution in [3.8, 4) is 17.3 Å². The van der Waals surface area contributed by atoms with Crippen molar-refractivity contribution in [3.05, 3.63) is 36.3 Å². The van der Waals surface area contributed by atoms with E-state index in [0.717, 1.165) is 0 Å². The van der Waals surface area contributed by atoms with Crippen LogP contribution in [0.5, 0.6) is 5.88 Å². The molecule has 3 heterocycles. The predicted octanol–water partition coefficient (Wildman–Crippen LogP) is 3.36. The summed E-state index contributed by atoms with van der Waals surface area (Å²) in [5.41, 5.74) is 0.230. The van der Waals surface area contributed by atoms with Gasteiger partial charge in [-0.1, -0.05) is 13.8 Å². The van der Waals surface area contributed by atoms with Crippen molar-refractivity contribution in [3.63, 3.8) is 0 Å². The number of alkyl halides is 3. The summed E-state index contributed by atoms with van der Waals surface area (Å²) in [4.78, 5) is 27.9. The van der Waals surface area contributed by atoms with E-state index in [1.54, 1.807) is 38.2 Å². The Morgan fingerprint density at radius 3 is 2.69 bits per heavy atom. The van der Waals surface area contributed by atoms with Crippen LogP contribution in [0.25, 0.3) is 22.4 Å². The minimum atomic E-state index is -4.48. The summed E-state index contributed by atoms with van der Waals surface area (Å²) in [7, 11) is 0. The third-order valence-corrected chi connectivity index (χ3v) is 4.84. The topological polar surface area (TPSA) is 104 Å². The van der Waals surface area contributed by atoms with Crippen molar-refractivity contribution in [2.75, 3.05) is 6.54 Å². The van der Waals surface area contributed by atoms with Crippen molar-refractivity contribution < 1.29 is 23.1 Å². The van der Waals surface area contributed by atoms with Crippen LogP contribution in [-0.2, 0) is 11.2 Å². The minimum Gasteiger partial charge on any atom is -0.494 e. The lowest BCUT2D eigenvalue weighted by molar-refractivity contribution is -0.144. The molecule has 1 amide bonds. The lowest BCUT2D eigenvalue weighted by Crippen LogP contribution is -2.44. The Morgan fingerprint density at radius 1 is 1.24 bits per heavy atom. The second-order valence-electron chi connectivity index (χ2n) is 7.01. The first-order valence-electron chi connectivity index (χ1n) is 8.96. The van der Waals surface area contributed by atoms with Crippen molar-refractivity contribution in [1.82, 2.24) is 25.3 Å². The molecule has 0 aliphatic carbocycles. The van der Waals surface area contributed by atoms with E-state index in [2.05, 4.69) is 19.9 Å². The van der Waals surface area contributed by atoms with Crippen LogP contribution in [0, 0.1) is 5.41 Å². The molecular formula is C19H20F3N5O2. The van der Waals surface area contributed by atoms with Gasteiger partial charge in [-0.15, -0.1) is 0 Å². The van der Waals surface area contributed by atoms with Crippen LogP contribution in [0.1, 0.15) is 26.0 Å². The SMILES string of the molecule is CC[C@@](C)(Cc1ccnc(-c2c(O)[nH]c3ncccc23)n1)C(=O)NCC(F)(F)F. The highest BCUT2D eigenvalue weighted by Crippen LogP contribution is 2.34. The molecule has 154 valence electrons. The van der Waals surface area contributed by atoms with Crippen LogP contribution in [0.3, 0.4) is 0 Å². The van der Waals surface area contributed by atoms with Crippen molar-refractivity contribution >= 4 is 16.9 Å². The molecule has 3 aromatic rings. The molecule has 0 saturated heterocycles. The smallest absolute Gasteiger partial charge is 0.405 e. The summed E-state index contributed by atoms with van der Waals surface area (Å²) in [6.07, 6.45) is -0.989. The third-order valence-electron chi connectivity index (χ3n) is 4.84. The van der Waals surface area contributed by atoms with E-state index in [1.807, 2.05) is 5.32 Å². The van der Waals surface area contributed by atoms with E-state index in [-0.39, 0.29) is 18.1 Å². The van der Waals surface area contributed by atoms with Gasteiger partial charge >= 0.3 is 6.18 Å². The van der Waals surface area contributed by atoms with Gasteiger partial charge in [-0.25, -0.2) is 15.0 Å². The maximum atomic E-state index is 12.4. The average Bonchev–Trinajstić information content (AvgIpc) is 3.01. The lowest BCUT2D eigenvalue weighted by atomic mass is 9.81. The second kappa shape index (κ2) is 7.69. The number of aromatic nitrogens is 4. The molecule has 3 N–H and O–H groups in total. The van der Waals surface area contributed by atoms with Gasteiger partial charge in [-0.3, -0.25) is 4.79 Å². The molecule has 7 nitrogen and oxygen atoms in total. The number of halogens is 3. The molecule has 0 bridgehead atoms. The Balaban J connectivity index is 1.88. The second-order valence-corrected chi connectivity index (χ2v) is 7.01. The highest BCUT2D eigenvalue weighted by atomic mass is 19.4. The van der Waals surface area contributed by atoms with Gasteiger partial charge in [0.15, 0.2) is 5.82 Å². The van der Waals surface area contributed by atoms with Gasteiger partial charge in [-0.2, -0.15) is 13.2 Å². The lowest BCUT2D eigenvalue weighted by Gasteiger charge is -2.27. The van der Waals surface area contributed by atoms with Gasteiger partial charge in [0.25, 0.3) is 0 Å². The minimum absolute atomic E-state index is 0.115. The first kappa shape index (κ1) is 20.6. The van der Waals surface area contributed by atoms with E-state index in [1.165, 1.54) is 6.20 Å². The maximum absolute atomic E-state index is 12.4. The van der Waals surface area contributed by atoms with E-state index in [9.17, 15) is 23.1 Å². The van der Waals surface area contributed by atoms with E-state index in [0.29, 0.717) is 28.7 Å². The third kappa shape index (κ3) is 4.47. The zero-order valence-electron chi connectivity index (χ0n) is 15.8. The van der Waals surface area contributed by atoms with Crippen LogP contribution in [-0.4, -0.2) is 43.7 Å². The molecule has 0 aromatic carbocycles. The average molecular weight is 407 g/mol. The molecule has 10 heteroatoms. The summed E-state index contributed by atoms with van der Waals surface area (Å²) in [6.45, 7) is 1.94. The van der Waals surface area contributed by atoms with Crippen molar-refractivity contribution in [2.24, 2.45) is 5.41 Å². The normalized spacial score (nSPS) is 14.0. The molecule has 3 rings (SSSR count). The Morgan fingerprint density at radius 2 is 2.00 bits per heavy atom. The number of rotatable bonds is 6. The summed E-state index contributed by atoms with van der Waals surface area (Å²) in [5.74, 6) is -0.609. The van der Waals surface area contributed by atoms with Gasteiger partial charge in [0.05, 0.1) is 11.0 Å². The number of nitrogens with zero attached hydrogens (tertiary/aromatic N) is 3. The number of carbonyl (C=O) groups excluding carboxylic acids is 1. The summed E-state index contributed by atoms with van der Waals surface area (Å²) >= 11 is 0. The summed E-state index contributed by atoms with van der Waals surface area (Å²) in [5, 5.41) is 12.8. The van der Waals surface area contributed by atoms with Gasteiger partial charge in [0.1, 0.15) is 12.2 Å². The zero-order valence-corrected chi connectivity index (χ0v) is 15.8. The number of fused-ring (bicyclic) bond motifs is 1. The Labute approximate surface area is 164 Å². The molecule has 29 heavy (non-hydrogen) atoms. The molecular weight excluding hydrogens is 387 g/mol. The van der Waals surface area contributed by atoms with Crippen LogP contribution < -0.4 is 5.32 Å². The number of nitrogens with one attached hydrogen (secondary N) is 2. The zero-order chi connectivity index (χ0) is 21.2. The van der Waals surface area contributed by atoms with Crippen LogP contribution >= 0.6 is 0 Å². The number of aromatic amines is 1. The Hall–Kier alpha value is -3.17. The quantitative estimate of drug-likeness (QED) is 0.581. The molecule has 0 radical (unpaired) electrons. The molecule has 0 aliphatic heterocycles. The molecule has 0 unspecified atom stereocenters. The number of amides is 1. The van der Waals surface area contributed by atoms with Gasteiger partial charge in [0, 0.05) is 29.9 Å². The molecule has 0 spiro atoms. The molecule has 0 fully saturated rings. The number of hydrogen-bond acceptors (Lipinski definition) is 5. The fraction of sp³-hybridized carbons (Fsp3) is 0.368. The number of H-pyrrole nitrogens is 1. The standard InChI is InChI=1S/C19H20F3N5O2/c1-3-18(2,17(29)25-10-19(20,21)22)9-11-6-8-24-15(26-11)13-12-5-4-7-23-14(12)27-16(13)28/h4-8,28H,3,9-10H2,1-2H3,(H,23,27)(H,25,29)/t18-/m0/s1. The van der Waals surface area contributed by atoms with E-state index < -0.39 is 24.0 Å². The first-order chi connectivity index (χ1) is 13.6. The van der Waals surface area contributed by atoms with Gasteiger partial charge in [0.2, 0.25) is 11.8 Å². The maximum Gasteiger partial charge on any atom is 0.405 e.